The lowest BCUT2D eigenvalue weighted by molar-refractivity contribution is -0.121. The highest BCUT2D eigenvalue weighted by Crippen LogP contribution is 2.28. The summed E-state index contributed by atoms with van der Waals surface area (Å²) in [5, 5.41) is 0. The zero-order chi connectivity index (χ0) is 14.9. The predicted octanol–water partition coefficient (Wildman–Crippen LogP) is 1.15. The molecule has 1 aromatic rings. The fourth-order valence-electron chi connectivity index (χ4n) is 2.44. The molecule has 0 saturated carbocycles. The second kappa shape index (κ2) is 5.54. The largest absolute Gasteiger partial charge is 0.310 e. The Morgan fingerprint density at radius 1 is 1.30 bits per heavy atom. The highest BCUT2D eigenvalue weighted by atomic mass is 32.2. The van der Waals surface area contributed by atoms with Crippen LogP contribution in [0.1, 0.15) is 19.4 Å². The average Bonchev–Trinajstić information content (AvgIpc) is 2.77. The van der Waals surface area contributed by atoms with Gasteiger partial charge in [0, 0.05) is 12.2 Å². The molecule has 1 aliphatic heterocycles. The van der Waals surface area contributed by atoms with Crippen LogP contribution in [0.3, 0.4) is 0 Å². The number of sulfonamides is 1. The van der Waals surface area contributed by atoms with E-state index in [1.54, 1.807) is 4.90 Å². The van der Waals surface area contributed by atoms with E-state index in [1.807, 2.05) is 38.1 Å². The van der Waals surface area contributed by atoms with Crippen LogP contribution in [-0.2, 0) is 21.2 Å². The SMILES string of the molecule is CC(C)[C@@H](NS(C)(=O)=O)C(=O)N1CCc2ccccc21. The van der Waals surface area contributed by atoms with Crippen molar-refractivity contribution in [2.45, 2.75) is 26.3 Å². The Morgan fingerprint density at radius 3 is 2.55 bits per heavy atom. The van der Waals surface area contributed by atoms with Gasteiger partial charge in [-0.1, -0.05) is 32.0 Å². The first-order valence-corrected chi connectivity index (χ1v) is 8.55. The lowest BCUT2D eigenvalue weighted by Crippen LogP contribution is -2.50. The van der Waals surface area contributed by atoms with Crippen molar-refractivity contribution in [2.24, 2.45) is 5.92 Å². The normalized spacial score (nSPS) is 16.3. The van der Waals surface area contributed by atoms with Gasteiger partial charge in [0.15, 0.2) is 0 Å². The van der Waals surface area contributed by atoms with Crippen LogP contribution in [0.5, 0.6) is 0 Å². The molecule has 0 aromatic heterocycles. The Hall–Kier alpha value is -1.40. The number of para-hydroxylation sites is 1. The number of carbonyl (C=O) groups excluding carboxylic acids is 1. The molecule has 0 radical (unpaired) electrons. The van der Waals surface area contributed by atoms with Gasteiger partial charge in [-0.05, 0) is 24.0 Å². The van der Waals surface area contributed by atoms with Crippen molar-refractivity contribution >= 4 is 21.6 Å². The van der Waals surface area contributed by atoms with Gasteiger partial charge >= 0.3 is 0 Å². The summed E-state index contributed by atoms with van der Waals surface area (Å²) in [5.74, 6) is -0.291. The molecule has 0 aliphatic carbocycles. The van der Waals surface area contributed by atoms with E-state index < -0.39 is 16.1 Å². The number of nitrogens with one attached hydrogen (secondary N) is 1. The van der Waals surface area contributed by atoms with Crippen molar-refractivity contribution in [3.8, 4) is 0 Å². The number of amides is 1. The van der Waals surface area contributed by atoms with Crippen molar-refractivity contribution in [1.29, 1.82) is 0 Å². The second-order valence-corrected chi connectivity index (χ2v) is 7.26. The van der Waals surface area contributed by atoms with E-state index >= 15 is 0 Å². The molecule has 0 spiro atoms. The molecule has 0 saturated heterocycles. The minimum Gasteiger partial charge on any atom is -0.310 e. The van der Waals surface area contributed by atoms with Crippen molar-refractivity contribution in [3.63, 3.8) is 0 Å². The van der Waals surface area contributed by atoms with Crippen molar-refractivity contribution in [1.82, 2.24) is 4.72 Å². The topological polar surface area (TPSA) is 66.5 Å². The summed E-state index contributed by atoms with van der Waals surface area (Å²) in [6.07, 6.45) is 1.89. The molecule has 0 fully saturated rings. The number of fused-ring (bicyclic) bond motifs is 1. The molecule has 1 amide bonds. The first-order chi connectivity index (χ1) is 9.29. The molecule has 1 aromatic carbocycles. The monoisotopic (exact) mass is 296 g/mol. The molecule has 2 rings (SSSR count). The van der Waals surface area contributed by atoms with E-state index in [2.05, 4.69) is 4.72 Å². The Balaban J connectivity index is 2.26. The Labute approximate surface area is 120 Å². The molecular weight excluding hydrogens is 276 g/mol. The van der Waals surface area contributed by atoms with Crippen molar-refractivity contribution in [2.75, 3.05) is 17.7 Å². The predicted molar refractivity (Wildman–Crippen MR) is 79.1 cm³/mol. The zero-order valence-electron chi connectivity index (χ0n) is 12.0. The minimum absolute atomic E-state index is 0.106. The van der Waals surface area contributed by atoms with E-state index in [0.717, 1.165) is 23.9 Å². The highest BCUT2D eigenvalue weighted by Gasteiger charge is 2.33. The van der Waals surface area contributed by atoms with Crippen LogP contribution in [0.15, 0.2) is 24.3 Å². The molecule has 6 heteroatoms. The maximum Gasteiger partial charge on any atom is 0.245 e. The molecule has 0 unspecified atom stereocenters. The zero-order valence-corrected chi connectivity index (χ0v) is 12.8. The van der Waals surface area contributed by atoms with Gasteiger partial charge in [0.2, 0.25) is 15.9 Å². The fraction of sp³-hybridized carbons (Fsp3) is 0.500. The van der Waals surface area contributed by atoms with E-state index in [1.165, 1.54) is 0 Å². The summed E-state index contributed by atoms with van der Waals surface area (Å²) in [4.78, 5) is 14.3. The van der Waals surface area contributed by atoms with E-state index in [0.29, 0.717) is 6.54 Å². The number of benzene rings is 1. The summed E-state index contributed by atoms with van der Waals surface area (Å²) in [6, 6.07) is 7.01. The lowest BCUT2D eigenvalue weighted by atomic mass is 10.0. The summed E-state index contributed by atoms with van der Waals surface area (Å²) in [6.45, 7) is 4.28. The number of nitrogens with zero attached hydrogens (tertiary/aromatic N) is 1. The Bertz CT molecular complexity index is 611. The van der Waals surface area contributed by atoms with E-state index in [4.69, 9.17) is 0 Å². The summed E-state index contributed by atoms with van der Waals surface area (Å²) in [5.41, 5.74) is 2.01. The molecule has 1 heterocycles. The van der Waals surface area contributed by atoms with Crippen LogP contribution in [-0.4, -0.2) is 33.2 Å². The van der Waals surface area contributed by atoms with Gasteiger partial charge in [-0.3, -0.25) is 4.79 Å². The fourth-order valence-corrected chi connectivity index (χ4v) is 3.27. The summed E-state index contributed by atoms with van der Waals surface area (Å²) >= 11 is 0. The molecule has 1 aliphatic rings. The molecule has 1 N–H and O–H groups in total. The number of hydrogen-bond donors (Lipinski definition) is 1. The van der Waals surface area contributed by atoms with Crippen molar-refractivity contribution < 1.29 is 13.2 Å². The van der Waals surface area contributed by atoms with Gasteiger partial charge in [0.1, 0.15) is 6.04 Å². The van der Waals surface area contributed by atoms with Crippen LogP contribution >= 0.6 is 0 Å². The van der Waals surface area contributed by atoms with E-state index in [9.17, 15) is 13.2 Å². The number of rotatable bonds is 4. The van der Waals surface area contributed by atoms with Crippen LogP contribution in [0, 0.1) is 5.92 Å². The third-order valence-corrected chi connectivity index (χ3v) is 4.11. The molecular formula is C14H20N2O3S. The van der Waals surface area contributed by atoms with Crippen LogP contribution < -0.4 is 9.62 Å². The smallest absolute Gasteiger partial charge is 0.245 e. The standard InChI is InChI=1S/C14H20N2O3S/c1-10(2)13(15-20(3,18)19)14(17)16-9-8-11-6-4-5-7-12(11)16/h4-7,10,13,15H,8-9H2,1-3H3/t13-/m1/s1. The maximum atomic E-state index is 12.6. The minimum atomic E-state index is -3.42. The number of hydrogen-bond acceptors (Lipinski definition) is 3. The van der Waals surface area contributed by atoms with Crippen LogP contribution in [0.4, 0.5) is 5.69 Å². The van der Waals surface area contributed by atoms with Gasteiger partial charge in [-0.2, -0.15) is 0 Å². The van der Waals surface area contributed by atoms with Gasteiger partial charge in [-0.25, -0.2) is 13.1 Å². The molecule has 20 heavy (non-hydrogen) atoms. The highest BCUT2D eigenvalue weighted by molar-refractivity contribution is 7.88. The van der Waals surface area contributed by atoms with Crippen LogP contribution in [0.25, 0.3) is 0 Å². The van der Waals surface area contributed by atoms with Gasteiger partial charge in [0.05, 0.1) is 6.26 Å². The summed E-state index contributed by atoms with van der Waals surface area (Å²) < 4.78 is 25.3. The average molecular weight is 296 g/mol. The second-order valence-electron chi connectivity index (χ2n) is 5.48. The first-order valence-electron chi connectivity index (χ1n) is 6.66. The maximum absolute atomic E-state index is 12.6. The number of carbonyl (C=O) groups is 1. The van der Waals surface area contributed by atoms with Crippen molar-refractivity contribution in [3.05, 3.63) is 29.8 Å². The molecule has 0 bridgehead atoms. The van der Waals surface area contributed by atoms with Gasteiger partial charge in [0.25, 0.3) is 0 Å². The third-order valence-electron chi connectivity index (χ3n) is 3.43. The summed E-state index contributed by atoms with van der Waals surface area (Å²) in [7, 11) is -3.42. The number of anilines is 1. The van der Waals surface area contributed by atoms with E-state index in [-0.39, 0.29) is 11.8 Å². The van der Waals surface area contributed by atoms with Gasteiger partial charge < -0.3 is 4.90 Å². The molecule has 5 nitrogen and oxygen atoms in total. The Kier molecular flexibility index (Phi) is 4.15. The molecule has 110 valence electrons. The van der Waals surface area contributed by atoms with Crippen LogP contribution in [0.2, 0.25) is 0 Å². The Morgan fingerprint density at radius 2 is 1.95 bits per heavy atom. The first kappa shape index (κ1) is 15.0. The molecule has 1 atom stereocenters. The quantitative estimate of drug-likeness (QED) is 0.906. The lowest BCUT2D eigenvalue weighted by Gasteiger charge is -2.26. The van der Waals surface area contributed by atoms with Gasteiger partial charge in [-0.15, -0.1) is 0 Å². The third kappa shape index (κ3) is 3.19.